The third-order valence-electron chi connectivity index (χ3n) is 5.31. The fourth-order valence-electron chi connectivity index (χ4n) is 3.76. The van der Waals surface area contributed by atoms with Crippen molar-refractivity contribution in [2.75, 3.05) is 43.1 Å². The fourth-order valence-corrected chi connectivity index (χ4v) is 4.14. The molecule has 1 aromatic heterocycles. The smallest absolute Gasteiger partial charge is 0.261 e. The van der Waals surface area contributed by atoms with Gasteiger partial charge in [-0.15, -0.1) is 0 Å². The second-order valence-electron chi connectivity index (χ2n) is 7.67. The number of fused-ring (bicyclic) bond motifs is 1. The van der Waals surface area contributed by atoms with Crippen molar-refractivity contribution in [3.8, 4) is 5.75 Å². The van der Waals surface area contributed by atoms with Crippen molar-refractivity contribution in [2.45, 2.75) is 18.9 Å². The van der Waals surface area contributed by atoms with Gasteiger partial charge < -0.3 is 30.5 Å². The van der Waals surface area contributed by atoms with Crippen molar-refractivity contribution >= 4 is 34.5 Å². The molecule has 2 aromatic rings. The maximum absolute atomic E-state index is 13.1. The molecule has 4 rings (SSSR count). The van der Waals surface area contributed by atoms with Crippen LogP contribution in [0.15, 0.2) is 30.7 Å². The van der Waals surface area contributed by atoms with E-state index in [9.17, 15) is 9.90 Å². The molecule has 10 heteroatoms. The second-order valence-corrected chi connectivity index (χ2v) is 8.05. The maximum Gasteiger partial charge on any atom is 0.261 e. The van der Waals surface area contributed by atoms with Gasteiger partial charge in [0.2, 0.25) is 0 Å². The lowest BCUT2D eigenvalue weighted by atomic mass is 9.99. The first kappa shape index (κ1) is 21.4. The van der Waals surface area contributed by atoms with Gasteiger partial charge in [0.25, 0.3) is 5.91 Å². The normalized spacial score (nSPS) is 20.9. The summed E-state index contributed by atoms with van der Waals surface area (Å²) in [5, 5.41) is 13.1. The number of ether oxygens (including phenoxy) is 2. The molecule has 1 amide bonds. The zero-order valence-electron chi connectivity index (χ0n) is 17.1. The standard InChI is InChI=1S/C21H24ClN5O4/c1-21(12-28)10-13-9-15(26-20(29)14(11-23)19-24-3-2-4-25-19)17(16(22)18(13)31-21)27-5-7-30-8-6-27/h2-4,9,11,28H,5-8,10,12,23H2,1H3,(H,26,29)/t21-/m0/s1. The molecule has 0 bridgehead atoms. The van der Waals surface area contributed by atoms with E-state index in [0.29, 0.717) is 54.9 Å². The monoisotopic (exact) mass is 445 g/mol. The number of aliphatic hydroxyl groups excluding tert-OH is 1. The maximum atomic E-state index is 13.1. The Kier molecular flexibility index (Phi) is 5.99. The highest BCUT2D eigenvalue weighted by Gasteiger charge is 2.38. The highest BCUT2D eigenvalue weighted by molar-refractivity contribution is 6.36. The highest BCUT2D eigenvalue weighted by Crippen LogP contribution is 2.49. The molecule has 0 aliphatic carbocycles. The van der Waals surface area contributed by atoms with Gasteiger partial charge in [0, 0.05) is 43.7 Å². The van der Waals surface area contributed by atoms with Crippen molar-refractivity contribution in [3.63, 3.8) is 0 Å². The number of halogens is 1. The minimum atomic E-state index is -0.767. The number of rotatable bonds is 5. The predicted molar refractivity (Wildman–Crippen MR) is 117 cm³/mol. The molecule has 164 valence electrons. The number of morpholine rings is 1. The summed E-state index contributed by atoms with van der Waals surface area (Å²) in [6, 6.07) is 3.50. The molecule has 0 unspecified atom stereocenters. The van der Waals surface area contributed by atoms with Crippen molar-refractivity contribution in [1.82, 2.24) is 9.97 Å². The van der Waals surface area contributed by atoms with Crippen molar-refractivity contribution in [2.24, 2.45) is 5.73 Å². The summed E-state index contributed by atoms with van der Waals surface area (Å²) in [4.78, 5) is 23.3. The molecule has 4 N–H and O–H groups in total. The molecule has 1 fully saturated rings. The van der Waals surface area contributed by atoms with Crippen LogP contribution in [0.25, 0.3) is 5.57 Å². The van der Waals surface area contributed by atoms with Gasteiger partial charge in [0.05, 0.1) is 36.8 Å². The third-order valence-corrected chi connectivity index (χ3v) is 5.66. The molecule has 9 nitrogen and oxygen atoms in total. The van der Waals surface area contributed by atoms with Gasteiger partial charge in [-0.25, -0.2) is 9.97 Å². The number of aromatic nitrogens is 2. The minimum Gasteiger partial charge on any atom is -0.483 e. The Morgan fingerprint density at radius 2 is 2.10 bits per heavy atom. The van der Waals surface area contributed by atoms with Crippen LogP contribution >= 0.6 is 11.6 Å². The number of carbonyl (C=O) groups excluding carboxylic acids is 1. The molecule has 31 heavy (non-hydrogen) atoms. The Balaban J connectivity index is 1.73. The Hall–Kier alpha value is -2.88. The van der Waals surface area contributed by atoms with E-state index < -0.39 is 11.5 Å². The minimum absolute atomic E-state index is 0.140. The predicted octanol–water partition coefficient (Wildman–Crippen LogP) is 1.59. The second kappa shape index (κ2) is 8.70. The van der Waals surface area contributed by atoms with Gasteiger partial charge in [-0.05, 0) is 19.1 Å². The number of hydrogen-bond acceptors (Lipinski definition) is 8. The number of nitrogens with two attached hydrogens (primary N) is 1. The Morgan fingerprint density at radius 3 is 2.74 bits per heavy atom. The van der Waals surface area contributed by atoms with Gasteiger partial charge in [-0.1, -0.05) is 11.6 Å². The van der Waals surface area contributed by atoms with Crippen LogP contribution in [-0.2, 0) is 16.0 Å². The summed E-state index contributed by atoms with van der Waals surface area (Å²) >= 11 is 6.79. The SMILES string of the molecule is C[C@@]1(CO)Cc2cc(NC(=O)C(=CN)c3ncccn3)c(N3CCOCC3)c(Cl)c2O1. The number of benzene rings is 1. The number of nitrogens with zero attached hydrogens (tertiary/aromatic N) is 3. The van der Waals surface area contributed by atoms with E-state index >= 15 is 0 Å². The van der Waals surface area contributed by atoms with Crippen LogP contribution in [0.3, 0.4) is 0 Å². The summed E-state index contributed by atoms with van der Waals surface area (Å²) in [6.45, 7) is 3.97. The van der Waals surface area contributed by atoms with Gasteiger partial charge in [0.15, 0.2) is 5.82 Å². The van der Waals surface area contributed by atoms with E-state index in [1.54, 1.807) is 6.07 Å². The Bertz CT molecular complexity index is 1010. The molecule has 1 aromatic carbocycles. The molecule has 3 heterocycles. The van der Waals surface area contributed by atoms with Crippen molar-refractivity contribution < 1.29 is 19.4 Å². The van der Waals surface area contributed by atoms with Crippen molar-refractivity contribution in [3.05, 3.63) is 47.1 Å². The van der Waals surface area contributed by atoms with Crippen LogP contribution in [0.2, 0.25) is 5.02 Å². The topological polar surface area (TPSA) is 123 Å². The summed E-state index contributed by atoms with van der Waals surface area (Å²) in [6.07, 6.45) is 4.72. The number of carbonyl (C=O) groups is 1. The zero-order chi connectivity index (χ0) is 22.0. The van der Waals surface area contributed by atoms with E-state index in [1.165, 1.54) is 18.6 Å². The Labute approximate surface area is 184 Å². The molecule has 0 saturated carbocycles. The summed E-state index contributed by atoms with van der Waals surface area (Å²) in [5.41, 5.74) is 7.06. The molecule has 1 saturated heterocycles. The number of aliphatic hydroxyl groups is 1. The van der Waals surface area contributed by atoms with Crippen molar-refractivity contribution in [1.29, 1.82) is 0 Å². The highest BCUT2D eigenvalue weighted by atomic mass is 35.5. The average molecular weight is 446 g/mol. The van der Waals surface area contributed by atoms with E-state index in [0.717, 1.165) is 5.56 Å². The molecule has 1 atom stereocenters. The fraction of sp³-hybridized carbons (Fsp3) is 0.381. The lowest BCUT2D eigenvalue weighted by Crippen LogP contribution is -2.37. The summed E-state index contributed by atoms with van der Waals surface area (Å²) < 4.78 is 11.5. The van der Waals surface area contributed by atoms with Crippen LogP contribution in [0.5, 0.6) is 5.75 Å². The first-order chi connectivity index (χ1) is 15.0. The summed E-state index contributed by atoms with van der Waals surface area (Å²) in [5.74, 6) is 0.292. The molecule has 2 aliphatic rings. The molecule has 0 radical (unpaired) electrons. The quantitative estimate of drug-likeness (QED) is 0.593. The molecular formula is C21H24ClN5O4. The number of nitrogens with one attached hydrogen (secondary N) is 1. The van der Waals surface area contributed by atoms with Crippen LogP contribution < -0.4 is 20.7 Å². The first-order valence-corrected chi connectivity index (χ1v) is 10.3. The number of hydrogen-bond donors (Lipinski definition) is 3. The number of amides is 1. The first-order valence-electron chi connectivity index (χ1n) is 9.94. The van der Waals surface area contributed by atoms with Crippen LogP contribution in [0.1, 0.15) is 18.3 Å². The third kappa shape index (κ3) is 4.16. The zero-order valence-corrected chi connectivity index (χ0v) is 17.9. The molecule has 0 spiro atoms. The lowest BCUT2D eigenvalue weighted by Gasteiger charge is -2.32. The van der Waals surface area contributed by atoms with Crippen LogP contribution in [0.4, 0.5) is 11.4 Å². The Morgan fingerprint density at radius 1 is 1.39 bits per heavy atom. The largest absolute Gasteiger partial charge is 0.483 e. The van der Waals surface area contributed by atoms with Crippen LogP contribution in [-0.4, -0.2) is 59.5 Å². The molecule has 2 aliphatic heterocycles. The summed E-state index contributed by atoms with van der Waals surface area (Å²) in [7, 11) is 0. The van der Waals surface area contributed by atoms with E-state index in [1.807, 2.05) is 17.9 Å². The van der Waals surface area contributed by atoms with E-state index in [4.69, 9.17) is 26.8 Å². The van der Waals surface area contributed by atoms with Gasteiger partial charge >= 0.3 is 0 Å². The van der Waals surface area contributed by atoms with Gasteiger partial charge in [-0.2, -0.15) is 0 Å². The van der Waals surface area contributed by atoms with Gasteiger partial charge in [-0.3, -0.25) is 4.79 Å². The van der Waals surface area contributed by atoms with E-state index in [2.05, 4.69) is 15.3 Å². The number of anilines is 2. The average Bonchev–Trinajstić information content (AvgIpc) is 3.13. The lowest BCUT2D eigenvalue weighted by molar-refractivity contribution is -0.111. The van der Waals surface area contributed by atoms with E-state index in [-0.39, 0.29) is 18.0 Å². The van der Waals surface area contributed by atoms with Crippen LogP contribution in [0, 0.1) is 0 Å². The molecular weight excluding hydrogens is 422 g/mol. The van der Waals surface area contributed by atoms with Gasteiger partial charge in [0.1, 0.15) is 16.4 Å².